The fourth-order valence-electron chi connectivity index (χ4n) is 3.74. The van der Waals surface area contributed by atoms with E-state index in [0.717, 1.165) is 19.3 Å². The predicted octanol–water partition coefficient (Wildman–Crippen LogP) is 2.32. The minimum absolute atomic E-state index is 0.0179. The average Bonchev–Trinajstić information content (AvgIpc) is 3.20. The number of carbonyl (C=O) groups excluding carboxylic acids is 1. The zero-order valence-electron chi connectivity index (χ0n) is 17.5. The maximum atomic E-state index is 13.0. The molecule has 1 amide bonds. The van der Waals surface area contributed by atoms with Crippen molar-refractivity contribution in [3.63, 3.8) is 0 Å². The Hall–Kier alpha value is -3.46. The number of aromatic amines is 1. The molecule has 3 aromatic rings. The second kappa shape index (κ2) is 9.13. The molecule has 31 heavy (non-hydrogen) atoms. The molecule has 0 spiro atoms. The molecule has 0 bridgehead atoms. The number of rotatable bonds is 6. The van der Waals surface area contributed by atoms with Gasteiger partial charge in [-0.2, -0.15) is 0 Å². The van der Waals surface area contributed by atoms with E-state index in [1.165, 1.54) is 24.1 Å². The van der Waals surface area contributed by atoms with Gasteiger partial charge in [0.25, 0.3) is 11.5 Å². The monoisotopic (exact) mass is 423 g/mol. The molecule has 0 saturated carbocycles. The number of amides is 1. The second-order valence-electron chi connectivity index (χ2n) is 7.45. The van der Waals surface area contributed by atoms with Gasteiger partial charge in [-0.15, -0.1) is 0 Å². The summed E-state index contributed by atoms with van der Waals surface area (Å²) in [6.45, 7) is 2.64. The first-order valence-corrected chi connectivity index (χ1v) is 10.3. The van der Waals surface area contributed by atoms with Crippen LogP contribution in [0.2, 0.25) is 0 Å². The largest absolute Gasteiger partial charge is 0.481 e. The van der Waals surface area contributed by atoms with Gasteiger partial charge in [0.1, 0.15) is 0 Å². The number of nitrogens with zero attached hydrogens (tertiary/aromatic N) is 3. The van der Waals surface area contributed by atoms with Crippen LogP contribution < -0.4 is 15.6 Å². The van der Waals surface area contributed by atoms with Crippen molar-refractivity contribution in [1.29, 1.82) is 0 Å². The Morgan fingerprint density at radius 1 is 1.29 bits per heavy atom. The summed E-state index contributed by atoms with van der Waals surface area (Å²) in [5.74, 6) is 0.291. The molecule has 0 aliphatic carbocycles. The molecule has 0 aromatic carbocycles. The van der Waals surface area contributed by atoms with Gasteiger partial charge < -0.3 is 14.8 Å². The van der Waals surface area contributed by atoms with Crippen LogP contribution in [-0.4, -0.2) is 51.5 Å². The van der Waals surface area contributed by atoms with Gasteiger partial charge in [-0.05, 0) is 50.5 Å². The van der Waals surface area contributed by atoms with Gasteiger partial charge in [-0.25, -0.2) is 14.6 Å². The smallest absolute Gasteiger partial charge is 0.273 e. The number of nitrogens with one attached hydrogen (secondary N) is 2. The Bertz CT molecular complexity index is 1120. The van der Waals surface area contributed by atoms with Gasteiger partial charge >= 0.3 is 0 Å². The summed E-state index contributed by atoms with van der Waals surface area (Å²) in [5.41, 5.74) is 1.08. The number of methoxy groups -OCH3 is 1. The van der Waals surface area contributed by atoms with Crippen LogP contribution >= 0.6 is 0 Å². The van der Waals surface area contributed by atoms with E-state index in [9.17, 15) is 9.59 Å². The third kappa shape index (κ3) is 4.36. The van der Waals surface area contributed by atoms with E-state index in [-0.39, 0.29) is 29.4 Å². The maximum absolute atomic E-state index is 13.0. The van der Waals surface area contributed by atoms with Crippen molar-refractivity contribution in [3.8, 4) is 23.0 Å². The van der Waals surface area contributed by atoms with Crippen LogP contribution in [0.5, 0.6) is 5.88 Å². The molecule has 3 aromatic heterocycles. The highest BCUT2D eigenvalue weighted by molar-refractivity contribution is 5.97. The summed E-state index contributed by atoms with van der Waals surface area (Å²) in [5, 5.41) is 6.01. The number of pyridine rings is 2. The molecule has 2 N–H and O–H groups in total. The first-order chi connectivity index (χ1) is 15.1. The minimum Gasteiger partial charge on any atom is -0.481 e. The zero-order chi connectivity index (χ0) is 21.8. The summed E-state index contributed by atoms with van der Waals surface area (Å²) < 4.78 is 12.3. The van der Waals surface area contributed by atoms with E-state index >= 15 is 0 Å². The number of H-pyrrole nitrogens is 1. The van der Waals surface area contributed by atoms with Crippen molar-refractivity contribution >= 4 is 5.91 Å². The molecule has 1 aliphatic heterocycles. The summed E-state index contributed by atoms with van der Waals surface area (Å²) >= 11 is 0. The molecule has 0 radical (unpaired) electrons. The number of hydrogen-bond acceptors (Lipinski definition) is 6. The molecule has 2 unspecified atom stereocenters. The van der Waals surface area contributed by atoms with Gasteiger partial charge in [-0.3, -0.25) is 14.7 Å². The standard InChI is InChI=1S/C22H25N5O4/c1-14(18-9-3-4-12-31-18)25-21(29)16-8-6-10-23-20(16)27-19(28)13-17(26-27)15-7-5-11-24-22(15)30-2/h5-8,10-11,13-14,18,26H,3-4,9,12H2,1-2H3,(H,25,29). The molecular formula is C22H25N5O4. The lowest BCUT2D eigenvalue weighted by molar-refractivity contribution is -0.00298. The Balaban J connectivity index is 1.64. The Morgan fingerprint density at radius 3 is 2.87 bits per heavy atom. The average molecular weight is 423 g/mol. The lowest BCUT2D eigenvalue weighted by Crippen LogP contribution is -2.44. The summed E-state index contributed by atoms with van der Waals surface area (Å²) in [6, 6.07) is 8.12. The van der Waals surface area contributed by atoms with Gasteiger partial charge in [0.2, 0.25) is 5.88 Å². The van der Waals surface area contributed by atoms with Crippen LogP contribution in [0.15, 0.2) is 47.5 Å². The summed E-state index contributed by atoms with van der Waals surface area (Å²) in [6.07, 6.45) is 6.17. The Labute approximate surface area is 179 Å². The Morgan fingerprint density at radius 2 is 2.10 bits per heavy atom. The Kier molecular flexibility index (Phi) is 6.13. The van der Waals surface area contributed by atoms with Crippen LogP contribution in [0.3, 0.4) is 0 Å². The molecule has 9 heteroatoms. The van der Waals surface area contributed by atoms with E-state index < -0.39 is 0 Å². The SMILES string of the molecule is COc1ncccc1-c1cc(=O)n(-c2ncccc2C(=O)NC(C)C2CCCCO2)[nH]1. The zero-order valence-corrected chi connectivity index (χ0v) is 17.5. The predicted molar refractivity (Wildman–Crippen MR) is 114 cm³/mol. The molecule has 1 aliphatic rings. The van der Waals surface area contributed by atoms with Crippen molar-refractivity contribution in [2.45, 2.75) is 38.3 Å². The number of ether oxygens (including phenoxy) is 2. The second-order valence-corrected chi connectivity index (χ2v) is 7.45. The number of aromatic nitrogens is 4. The minimum atomic E-state index is -0.350. The van der Waals surface area contributed by atoms with Gasteiger partial charge in [-0.1, -0.05) is 0 Å². The van der Waals surface area contributed by atoms with E-state index in [0.29, 0.717) is 29.3 Å². The quantitative estimate of drug-likeness (QED) is 0.629. The van der Waals surface area contributed by atoms with E-state index in [1.807, 2.05) is 6.92 Å². The molecule has 4 rings (SSSR count). The summed E-state index contributed by atoms with van der Waals surface area (Å²) in [4.78, 5) is 34.2. The third-order valence-electron chi connectivity index (χ3n) is 5.35. The van der Waals surface area contributed by atoms with Crippen LogP contribution in [-0.2, 0) is 4.74 Å². The van der Waals surface area contributed by atoms with E-state index in [2.05, 4.69) is 20.4 Å². The molecule has 1 fully saturated rings. The maximum Gasteiger partial charge on any atom is 0.273 e. The van der Waals surface area contributed by atoms with Crippen LogP contribution in [0.4, 0.5) is 0 Å². The van der Waals surface area contributed by atoms with Gasteiger partial charge in [0.05, 0.1) is 36.1 Å². The highest BCUT2D eigenvalue weighted by atomic mass is 16.5. The van der Waals surface area contributed by atoms with Crippen LogP contribution in [0, 0.1) is 0 Å². The van der Waals surface area contributed by atoms with Crippen molar-refractivity contribution in [1.82, 2.24) is 25.1 Å². The topological polar surface area (TPSA) is 111 Å². The fourth-order valence-corrected chi connectivity index (χ4v) is 3.74. The molecule has 1 saturated heterocycles. The van der Waals surface area contributed by atoms with Crippen molar-refractivity contribution in [3.05, 3.63) is 58.6 Å². The first kappa shape index (κ1) is 20.8. The molecule has 9 nitrogen and oxygen atoms in total. The molecule has 2 atom stereocenters. The molecule has 4 heterocycles. The third-order valence-corrected chi connectivity index (χ3v) is 5.35. The normalized spacial score (nSPS) is 17.2. The highest BCUT2D eigenvalue weighted by Gasteiger charge is 2.24. The summed E-state index contributed by atoms with van der Waals surface area (Å²) in [7, 11) is 1.51. The molecule has 162 valence electrons. The number of hydrogen-bond donors (Lipinski definition) is 2. The van der Waals surface area contributed by atoms with E-state index in [4.69, 9.17) is 9.47 Å². The van der Waals surface area contributed by atoms with Gasteiger partial charge in [0, 0.05) is 25.1 Å². The van der Waals surface area contributed by atoms with Crippen molar-refractivity contribution < 1.29 is 14.3 Å². The first-order valence-electron chi connectivity index (χ1n) is 10.3. The van der Waals surface area contributed by atoms with E-state index in [1.54, 1.807) is 30.5 Å². The van der Waals surface area contributed by atoms with Crippen molar-refractivity contribution in [2.24, 2.45) is 0 Å². The van der Waals surface area contributed by atoms with Crippen LogP contribution in [0.25, 0.3) is 17.1 Å². The molecular weight excluding hydrogens is 398 g/mol. The lowest BCUT2D eigenvalue weighted by atomic mass is 10.0. The fraction of sp³-hybridized carbons (Fsp3) is 0.364. The lowest BCUT2D eigenvalue weighted by Gasteiger charge is -2.28. The van der Waals surface area contributed by atoms with Crippen molar-refractivity contribution in [2.75, 3.05) is 13.7 Å². The highest BCUT2D eigenvalue weighted by Crippen LogP contribution is 2.25. The van der Waals surface area contributed by atoms with Crippen LogP contribution in [0.1, 0.15) is 36.5 Å². The van der Waals surface area contributed by atoms with Gasteiger partial charge in [0.15, 0.2) is 5.82 Å². The number of carbonyl (C=O) groups is 1.